The average molecular weight is 356 g/mol. The van der Waals surface area contributed by atoms with Crippen LogP contribution in [0.5, 0.6) is 0 Å². The first kappa shape index (κ1) is 16.0. The van der Waals surface area contributed by atoms with Crippen LogP contribution in [0.2, 0.25) is 0 Å². The SMILES string of the molecule is C=C(NO)C1(C)N(O)C(C)(C)C(c2ccc(Br)cc2)=[N+]1[O-]. The maximum Gasteiger partial charge on any atom is 0.290 e. The largest absolute Gasteiger partial charge is 0.622 e. The molecule has 6 nitrogen and oxygen atoms in total. The number of hydrogen-bond acceptors (Lipinski definition) is 5. The summed E-state index contributed by atoms with van der Waals surface area (Å²) in [6, 6.07) is 7.23. The van der Waals surface area contributed by atoms with Crippen LogP contribution in [-0.2, 0) is 0 Å². The standard InChI is InChI=1S/C14H18BrN3O3/c1-9(16-19)14(4)17(20)12(13(2,3)18(14)21)10-5-7-11(15)8-6-10/h5-8,16,19,21H,1H2,2-4H3. The Morgan fingerprint density at radius 3 is 2.33 bits per heavy atom. The number of benzene rings is 1. The minimum atomic E-state index is -1.51. The topological polar surface area (TPSA) is 81.8 Å². The Morgan fingerprint density at radius 1 is 1.33 bits per heavy atom. The first-order valence-electron chi connectivity index (χ1n) is 6.36. The average Bonchev–Trinajstić information content (AvgIpc) is 2.58. The van der Waals surface area contributed by atoms with Gasteiger partial charge >= 0.3 is 0 Å². The van der Waals surface area contributed by atoms with Crippen LogP contribution < -0.4 is 5.48 Å². The molecule has 1 aromatic carbocycles. The molecule has 1 heterocycles. The Morgan fingerprint density at radius 2 is 1.86 bits per heavy atom. The van der Waals surface area contributed by atoms with Gasteiger partial charge in [-0.25, -0.2) is 0 Å². The molecule has 114 valence electrons. The molecule has 0 saturated carbocycles. The normalized spacial score (nSPS) is 25.2. The highest BCUT2D eigenvalue weighted by atomic mass is 79.9. The zero-order chi connectivity index (χ0) is 16.0. The van der Waals surface area contributed by atoms with E-state index in [-0.39, 0.29) is 5.70 Å². The van der Waals surface area contributed by atoms with Crippen molar-refractivity contribution in [3.63, 3.8) is 0 Å². The van der Waals surface area contributed by atoms with E-state index in [0.717, 1.165) is 9.54 Å². The molecule has 0 spiro atoms. The molecule has 2 rings (SSSR count). The molecule has 0 amide bonds. The zero-order valence-electron chi connectivity index (χ0n) is 12.1. The van der Waals surface area contributed by atoms with Crippen molar-refractivity contribution < 1.29 is 15.2 Å². The predicted molar refractivity (Wildman–Crippen MR) is 82.1 cm³/mol. The van der Waals surface area contributed by atoms with Gasteiger partial charge in [0.25, 0.3) is 5.66 Å². The molecular weight excluding hydrogens is 338 g/mol. The summed E-state index contributed by atoms with van der Waals surface area (Å²) in [6.07, 6.45) is 0. The lowest BCUT2D eigenvalue weighted by Crippen LogP contribution is -2.56. The van der Waals surface area contributed by atoms with Crippen molar-refractivity contribution in [3.8, 4) is 0 Å². The van der Waals surface area contributed by atoms with E-state index in [1.165, 1.54) is 6.92 Å². The van der Waals surface area contributed by atoms with Gasteiger partial charge < -0.3 is 10.4 Å². The molecule has 0 saturated heterocycles. The summed E-state index contributed by atoms with van der Waals surface area (Å²) >= 11 is 3.35. The molecule has 1 aliphatic heterocycles. The maximum absolute atomic E-state index is 12.8. The second-order valence-corrected chi connectivity index (χ2v) is 6.55. The molecule has 7 heteroatoms. The van der Waals surface area contributed by atoms with E-state index in [4.69, 9.17) is 5.21 Å². The second-order valence-electron chi connectivity index (χ2n) is 5.63. The van der Waals surface area contributed by atoms with Gasteiger partial charge in [-0.2, -0.15) is 4.74 Å². The van der Waals surface area contributed by atoms with Gasteiger partial charge in [0.1, 0.15) is 11.2 Å². The third-order valence-electron chi connectivity index (χ3n) is 3.94. The monoisotopic (exact) mass is 355 g/mol. The van der Waals surface area contributed by atoms with Crippen molar-refractivity contribution in [2.24, 2.45) is 0 Å². The number of nitrogens with zero attached hydrogens (tertiary/aromatic N) is 2. The quantitative estimate of drug-likeness (QED) is 0.440. The van der Waals surface area contributed by atoms with Crippen molar-refractivity contribution in [2.75, 3.05) is 0 Å². The zero-order valence-corrected chi connectivity index (χ0v) is 13.7. The highest BCUT2D eigenvalue weighted by Gasteiger charge is 2.61. The van der Waals surface area contributed by atoms with E-state index in [0.29, 0.717) is 16.0 Å². The van der Waals surface area contributed by atoms with Crippen LogP contribution in [0.1, 0.15) is 26.3 Å². The van der Waals surface area contributed by atoms with E-state index in [2.05, 4.69) is 22.5 Å². The molecule has 21 heavy (non-hydrogen) atoms. The van der Waals surface area contributed by atoms with Gasteiger partial charge in [-0.05, 0) is 38.1 Å². The van der Waals surface area contributed by atoms with E-state index in [1.54, 1.807) is 26.0 Å². The van der Waals surface area contributed by atoms with Crippen LogP contribution in [0, 0.1) is 5.21 Å². The fourth-order valence-electron chi connectivity index (χ4n) is 2.63. The van der Waals surface area contributed by atoms with Crippen molar-refractivity contribution in [1.82, 2.24) is 10.5 Å². The molecule has 1 aromatic rings. The van der Waals surface area contributed by atoms with E-state index in [9.17, 15) is 10.4 Å². The van der Waals surface area contributed by atoms with E-state index >= 15 is 0 Å². The van der Waals surface area contributed by atoms with Gasteiger partial charge in [0.15, 0.2) is 0 Å². The minimum absolute atomic E-state index is 0.0137. The molecule has 0 radical (unpaired) electrons. The van der Waals surface area contributed by atoms with Crippen LogP contribution in [-0.4, -0.2) is 37.1 Å². The van der Waals surface area contributed by atoms with Crippen LogP contribution in [0.15, 0.2) is 41.0 Å². The fraction of sp³-hybridized carbons (Fsp3) is 0.357. The van der Waals surface area contributed by atoms with Gasteiger partial charge in [0, 0.05) is 17.0 Å². The summed E-state index contributed by atoms with van der Waals surface area (Å²) in [5.74, 6) is 0. The lowest BCUT2D eigenvalue weighted by molar-refractivity contribution is -0.574. The van der Waals surface area contributed by atoms with Crippen LogP contribution in [0.4, 0.5) is 0 Å². The number of hydrogen-bond donors (Lipinski definition) is 3. The predicted octanol–water partition coefficient (Wildman–Crippen LogP) is 2.44. The Bertz CT molecular complexity index is 612. The first-order chi connectivity index (χ1) is 9.67. The molecule has 1 aliphatic rings. The molecule has 1 atom stereocenters. The molecule has 3 N–H and O–H groups in total. The van der Waals surface area contributed by atoms with Crippen LogP contribution in [0.3, 0.4) is 0 Å². The summed E-state index contributed by atoms with van der Waals surface area (Å²) in [6.45, 7) is 8.55. The summed E-state index contributed by atoms with van der Waals surface area (Å²) in [4.78, 5) is 0. The highest BCUT2D eigenvalue weighted by molar-refractivity contribution is 9.10. The smallest absolute Gasteiger partial charge is 0.290 e. The summed E-state index contributed by atoms with van der Waals surface area (Å²) in [5.41, 5.74) is 0.460. The third-order valence-corrected chi connectivity index (χ3v) is 4.47. The minimum Gasteiger partial charge on any atom is -0.622 e. The molecule has 0 aromatic heterocycles. The van der Waals surface area contributed by atoms with Gasteiger partial charge in [-0.3, -0.25) is 10.7 Å². The highest BCUT2D eigenvalue weighted by Crippen LogP contribution is 2.38. The van der Waals surface area contributed by atoms with Crippen molar-refractivity contribution in [2.45, 2.75) is 32.0 Å². The lowest BCUT2D eigenvalue weighted by Gasteiger charge is -2.33. The van der Waals surface area contributed by atoms with Gasteiger partial charge in [-0.1, -0.05) is 22.5 Å². The van der Waals surface area contributed by atoms with Crippen molar-refractivity contribution in [1.29, 1.82) is 0 Å². The third kappa shape index (κ3) is 2.17. The lowest BCUT2D eigenvalue weighted by atomic mass is 9.92. The van der Waals surface area contributed by atoms with Crippen molar-refractivity contribution in [3.05, 3.63) is 51.8 Å². The molecule has 1 unspecified atom stereocenters. The number of nitrogens with one attached hydrogen (secondary N) is 1. The number of hydroxylamine groups is 4. The fourth-order valence-corrected chi connectivity index (χ4v) is 2.90. The Kier molecular flexibility index (Phi) is 3.88. The van der Waals surface area contributed by atoms with Crippen LogP contribution >= 0.6 is 15.9 Å². The van der Waals surface area contributed by atoms with E-state index < -0.39 is 11.2 Å². The molecular formula is C14H18BrN3O3. The van der Waals surface area contributed by atoms with Gasteiger partial charge in [0.2, 0.25) is 5.71 Å². The van der Waals surface area contributed by atoms with Crippen LogP contribution in [0.25, 0.3) is 0 Å². The second kappa shape index (κ2) is 5.10. The first-order valence-corrected chi connectivity index (χ1v) is 7.16. The van der Waals surface area contributed by atoms with Crippen molar-refractivity contribution >= 4 is 21.6 Å². The summed E-state index contributed by atoms with van der Waals surface area (Å²) < 4.78 is 1.56. The number of rotatable bonds is 3. The van der Waals surface area contributed by atoms with E-state index in [1.807, 2.05) is 17.6 Å². The molecule has 0 bridgehead atoms. The number of halogens is 1. The van der Waals surface area contributed by atoms with Gasteiger partial charge in [0.05, 0.1) is 0 Å². The Labute approximate surface area is 131 Å². The molecule has 0 fully saturated rings. The summed E-state index contributed by atoms with van der Waals surface area (Å²) in [5, 5.41) is 33.3. The maximum atomic E-state index is 12.8. The van der Waals surface area contributed by atoms with Gasteiger partial charge in [-0.15, -0.1) is 5.06 Å². The Balaban J connectivity index is 2.66. The Hall–Kier alpha value is -1.41. The summed E-state index contributed by atoms with van der Waals surface area (Å²) in [7, 11) is 0. The molecule has 0 aliphatic carbocycles.